The summed E-state index contributed by atoms with van der Waals surface area (Å²) in [5, 5.41) is 3.18. The van der Waals surface area contributed by atoms with E-state index in [0.29, 0.717) is 11.4 Å². The maximum Gasteiger partial charge on any atom is 0.249 e. The first-order chi connectivity index (χ1) is 15.1. The third-order valence-corrected chi connectivity index (χ3v) is 6.97. The smallest absolute Gasteiger partial charge is 0.249 e. The van der Waals surface area contributed by atoms with Crippen molar-refractivity contribution in [2.45, 2.75) is 50.7 Å². The molecule has 1 saturated carbocycles. The fraction of sp³-hybridized carbons (Fsp3) is 0.417. The highest BCUT2D eigenvalue weighted by molar-refractivity contribution is 8.14. The van der Waals surface area contributed by atoms with Gasteiger partial charge in [-0.3, -0.25) is 19.4 Å². The number of benzene rings is 1. The lowest BCUT2D eigenvalue weighted by atomic mass is 10.0. The molecular formula is C24H27N3O3S. The molecule has 1 aliphatic carbocycles. The van der Waals surface area contributed by atoms with Crippen LogP contribution in [0.25, 0.3) is 0 Å². The summed E-state index contributed by atoms with van der Waals surface area (Å²) in [6.07, 6.45) is 5.99. The fourth-order valence-corrected chi connectivity index (χ4v) is 5.27. The minimum absolute atomic E-state index is 0.0304. The zero-order valence-electron chi connectivity index (χ0n) is 17.4. The molecule has 31 heavy (non-hydrogen) atoms. The Kier molecular flexibility index (Phi) is 7.02. The number of aromatic nitrogens is 1. The van der Waals surface area contributed by atoms with Crippen molar-refractivity contribution in [3.05, 3.63) is 66.0 Å². The number of thioether (sulfide) groups is 1. The van der Waals surface area contributed by atoms with E-state index in [1.54, 1.807) is 23.2 Å². The van der Waals surface area contributed by atoms with E-state index in [9.17, 15) is 14.4 Å². The van der Waals surface area contributed by atoms with Gasteiger partial charge in [-0.2, -0.15) is 0 Å². The van der Waals surface area contributed by atoms with Crippen LogP contribution in [-0.2, 0) is 20.9 Å². The molecular weight excluding hydrogens is 410 g/mol. The Hall–Kier alpha value is -2.67. The first kappa shape index (κ1) is 21.6. The second-order valence-corrected chi connectivity index (χ2v) is 9.26. The van der Waals surface area contributed by atoms with E-state index >= 15 is 0 Å². The van der Waals surface area contributed by atoms with Crippen molar-refractivity contribution in [1.29, 1.82) is 0 Å². The van der Waals surface area contributed by atoms with E-state index in [4.69, 9.17) is 0 Å². The van der Waals surface area contributed by atoms with Gasteiger partial charge in [0.1, 0.15) is 0 Å². The molecule has 4 rings (SSSR count). The van der Waals surface area contributed by atoms with Gasteiger partial charge in [0, 0.05) is 31.0 Å². The topological polar surface area (TPSA) is 79.4 Å². The highest BCUT2D eigenvalue weighted by atomic mass is 32.2. The number of hydrogen-bond acceptors (Lipinski definition) is 5. The number of amides is 2. The molecule has 1 aromatic carbocycles. The standard InChI is InChI=1S/C24H27N3O3S/c28-21-14-18(16-31-21)24(30)27(15-17-8-2-1-3-9-17)22(20-12-6-7-13-25-20)23(29)26-19-10-4-5-11-19/h1-3,6-9,12-13,18-19,22H,4-5,10-11,14-16H2,(H,26,29). The molecule has 162 valence electrons. The Balaban J connectivity index is 1.68. The molecule has 2 aromatic rings. The Labute approximate surface area is 186 Å². The maximum absolute atomic E-state index is 13.6. The van der Waals surface area contributed by atoms with Crippen molar-refractivity contribution in [2.75, 3.05) is 5.75 Å². The third kappa shape index (κ3) is 5.34. The summed E-state index contributed by atoms with van der Waals surface area (Å²) in [6.45, 7) is 0.286. The molecule has 2 amide bonds. The molecule has 0 radical (unpaired) electrons. The normalized spacial score (nSPS) is 19.9. The van der Waals surface area contributed by atoms with Crippen molar-refractivity contribution in [2.24, 2.45) is 5.92 Å². The van der Waals surface area contributed by atoms with Gasteiger partial charge in [0.25, 0.3) is 0 Å². The maximum atomic E-state index is 13.6. The second-order valence-electron chi connectivity index (χ2n) is 8.18. The van der Waals surface area contributed by atoms with Crippen LogP contribution in [0.3, 0.4) is 0 Å². The second kappa shape index (κ2) is 10.1. The minimum Gasteiger partial charge on any atom is -0.351 e. The zero-order valence-corrected chi connectivity index (χ0v) is 18.2. The summed E-state index contributed by atoms with van der Waals surface area (Å²) >= 11 is 1.20. The summed E-state index contributed by atoms with van der Waals surface area (Å²) in [5.74, 6) is -0.319. The van der Waals surface area contributed by atoms with Crippen LogP contribution in [0.2, 0.25) is 0 Å². The molecule has 2 unspecified atom stereocenters. The molecule has 1 aliphatic heterocycles. The predicted octanol–water partition coefficient (Wildman–Crippen LogP) is 3.49. The molecule has 1 N–H and O–H groups in total. The van der Waals surface area contributed by atoms with E-state index in [0.717, 1.165) is 31.2 Å². The highest BCUT2D eigenvalue weighted by Gasteiger charge is 2.39. The number of hydrogen-bond donors (Lipinski definition) is 1. The van der Waals surface area contributed by atoms with E-state index < -0.39 is 12.0 Å². The van der Waals surface area contributed by atoms with Crippen LogP contribution in [0.5, 0.6) is 0 Å². The van der Waals surface area contributed by atoms with Gasteiger partial charge in [-0.1, -0.05) is 61.0 Å². The van der Waals surface area contributed by atoms with Crippen LogP contribution >= 0.6 is 11.8 Å². The highest BCUT2D eigenvalue weighted by Crippen LogP contribution is 2.32. The van der Waals surface area contributed by atoms with Gasteiger partial charge >= 0.3 is 0 Å². The van der Waals surface area contributed by atoms with Gasteiger partial charge in [0.15, 0.2) is 11.2 Å². The summed E-state index contributed by atoms with van der Waals surface area (Å²) in [4.78, 5) is 45.0. The Morgan fingerprint density at radius 2 is 1.84 bits per heavy atom. The Morgan fingerprint density at radius 3 is 2.48 bits per heavy atom. The number of carbonyl (C=O) groups is 3. The SMILES string of the molecule is O=C1CC(C(=O)N(Cc2ccccc2)C(C(=O)NC2CCCC2)c2ccccn2)CS1. The summed E-state index contributed by atoms with van der Waals surface area (Å²) in [6, 6.07) is 14.4. The Bertz CT molecular complexity index is 916. The predicted molar refractivity (Wildman–Crippen MR) is 120 cm³/mol. The van der Waals surface area contributed by atoms with Crippen LogP contribution in [0.1, 0.15) is 49.4 Å². The van der Waals surface area contributed by atoms with Crippen LogP contribution in [0.15, 0.2) is 54.7 Å². The first-order valence-electron chi connectivity index (χ1n) is 10.8. The molecule has 6 nitrogen and oxygen atoms in total. The average molecular weight is 438 g/mol. The van der Waals surface area contributed by atoms with Gasteiger partial charge in [0.2, 0.25) is 11.8 Å². The molecule has 2 aliphatic rings. The lowest BCUT2D eigenvalue weighted by molar-refractivity contribution is -0.145. The van der Waals surface area contributed by atoms with Crippen LogP contribution in [-0.4, -0.2) is 38.6 Å². The molecule has 2 fully saturated rings. The summed E-state index contributed by atoms with van der Waals surface area (Å²) < 4.78 is 0. The van der Waals surface area contributed by atoms with E-state index in [-0.39, 0.29) is 35.9 Å². The van der Waals surface area contributed by atoms with Crippen molar-refractivity contribution in [3.63, 3.8) is 0 Å². The third-order valence-electron chi connectivity index (χ3n) is 5.92. The van der Waals surface area contributed by atoms with Crippen molar-refractivity contribution in [1.82, 2.24) is 15.2 Å². The zero-order chi connectivity index (χ0) is 21.6. The summed E-state index contributed by atoms with van der Waals surface area (Å²) in [7, 11) is 0. The minimum atomic E-state index is -0.838. The molecule has 2 heterocycles. The Morgan fingerprint density at radius 1 is 1.10 bits per heavy atom. The number of nitrogens with zero attached hydrogens (tertiary/aromatic N) is 2. The molecule has 7 heteroatoms. The molecule has 1 saturated heterocycles. The van der Waals surface area contributed by atoms with Gasteiger partial charge in [-0.25, -0.2) is 0 Å². The number of carbonyl (C=O) groups excluding carboxylic acids is 3. The van der Waals surface area contributed by atoms with Gasteiger partial charge < -0.3 is 10.2 Å². The first-order valence-corrected chi connectivity index (χ1v) is 11.8. The van der Waals surface area contributed by atoms with Crippen molar-refractivity contribution >= 4 is 28.7 Å². The van der Waals surface area contributed by atoms with Gasteiger partial charge in [0.05, 0.1) is 11.6 Å². The average Bonchev–Trinajstić information content (AvgIpc) is 3.46. The molecule has 1 aromatic heterocycles. The molecule has 2 atom stereocenters. The van der Waals surface area contributed by atoms with Crippen LogP contribution in [0, 0.1) is 5.92 Å². The molecule has 0 bridgehead atoms. The van der Waals surface area contributed by atoms with Crippen LogP contribution < -0.4 is 5.32 Å². The van der Waals surface area contributed by atoms with E-state index in [1.165, 1.54) is 11.8 Å². The quantitative estimate of drug-likeness (QED) is 0.717. The van der Waals surface area contributed by atoms with Gasteiger partial charge in [-0.05, 0) is 30.5 Å². The van der Waals surface area contributed by atoms with Gasteiger partial charge in [-0.15, -0.1) is 0 Å². The van der Waals surface area contributed by atoms with E-state index in [2.05, 4.69) is 10.3 Å². The largest absolute Gasteiger partial charge is 0.351 e. The lowest BCUT2D eigenvalue weighted by Crippen LogP contribution is -2.47. The van der Waals surface area contributed by atoms with Crippen LogP contribution in [0.4, 0.5) is 0 Å². The van der Waals surface area contributed by atoms with Crippen molar-refractivity contribution < 1.29 is 14.4 Å². The fourth-order valence-electron chi connectivity index (χ4n) is 4.31. The number of rotatable bonds is 7. The summed E-state index contributed by atoms with van der Waals surface area (Å²) in [5.41, 5.74) is 1.47. The van der Waals surface area contributed by atoms with Crippen molar-refractivity contribution in [3.8, 4) is 0 Å². The number of nitrogens with one attached hydrogen (secondary N) is 1. The number of pyridine rings is 1. The van der Waals surface area contributed by atoms with E-state index in [1.807, 2.05) is 36.4 Å². The monoisotopic (exact) mass is 437 g/mol. The molecule has 0 spiro atoms. The lowest BCUT2D eigenvalue weighted by Gasteiger charge is -2.33.